The second-order valence-corrected chi connectivity index (χ2v) is 9.50. The van der Waals surface area contributed by atoms with Gasteiger partial charge in [-0.3, -0.25) is 9.36 Å². The number of aromatic nitrogens is 3. The number of thioether (sulfide) groups is 1. The lowest BCUT2D eigenvalue weighted by Crippen LogP contribution is -2.46. The minimum Gasteiger partial charge on any atom is -0.378 e. The van der Waals surface area contributed by atoms with Gasteiger partial charge in [0.15, 0.2) is 5.16 Å². The van der Waals surface area contributed by atoms with Crippen LogP contribution in [0.5, 0.6) is 0 Å². The monoisotopic (exact) mass is 483 g/mol. The van der Waals surface area contributed by atoms with Gasteiger partial charge in [0, 0.05) is 19.1 Å². The van der Waals surface area contributed by atoms with E-state index in [9.17, 15) is 18.0 Å². The third kappa shape index (κ3) is 6.00. The maximum Gasteiger partial charge on any atom is 0.406 e. The van der Waals surface area contributed by atoms with Crippen LogP contribution in [-0.4, -0.2) is 76.4 Å². The smallest absolute Gasteiger partial charge is 0.378 e. The molecule has 0 N–H and O–H groups in total. The predicted octanol–water partition coefficient (Wildman–Crippen LogP) is 3.69. The molecule has 1 amide bonds. The molecule has 1 aromatic carbocycles. The summed E-state index contributed by atoms with van der Waals surface area (Å²) in [5.41, 5.74) is 1.93. The summed E-state index contributed by atoms with van der Waals surface area (Å²) in [6.07, 6.45) is -2.71. The summed E-state index contributed by atoms with van der Waals surface area (Å²) in [6, 6.07) is 7.40. The lowest BCUT2D eigenvalue weighted by Gasteiger charge is -2.30. The molecule has 2 heterocycles. The zero-order chi connectivity index (χ0) is 23.6. The standard InChI is InChI=1S/C22H28F3N5O2S/c1-15-3-7-18(8-4-15)30-20(28-9-11-32-12-10-28)26-27-21(30)33-13-19(31)29(14-22(23,24)25)16(2)17-5-6-17/h3-4,7-8,16-17H,5-6,9-14H2,1-2H3. The molecule has 0 spiro atoms. The van der Waals surface area contributed by atoms with Crippen LogP contribution in [0.25, 0.3) is 5.69 Å². The van der Waals surface area contributed by atoms with Gasteiger partial charge in [-0.05, 0) is 44.7 Å². The van der Waals surface area contributed by atoms with Gasteiger partial charge in [0.05, 0.1) is 24.7 Å². The van der Waals surface area contributed by atoms with Crippen molar-refractivity contribution in [1.29, 1.82) is 0 Å². The maximum atomic E-state index is 13.2. The number of rotatable bonds is 8. The fourth-order valence-electron chi connectivity index (χ4n) is 3.94. The molecule has 4 rings (SSSR count). The van der Waals surface area contributed by atoms with E-state index < -0.39 is 24.7 Å². The van der Waals surface area contributed by atoms with Crippen LogP contribution in [0.2, 0.25) is 0 Å². The number of carbonyl (C=O) groups is 1. The molecule has 1 aromatic heterocycles. The topological polar surface area (TPSA) is 63.5 Å². The summed E-state index contributed by atoms with van der Waals surface area (Å²) in [5, 5.41) is 9.11. The third-order valence-electron chi connectivity index (χ3n) is 5.99. The van der Waals surface area contributed by atoms with E-state index in [0.717, 1.165) is 40.8 Å². The average Bonchev–Trinajstić information content (AvgIpc) is 3.55. The molecular formula is C22H28F3N5O2S. The molecule has 7 nitrogen and oxygen atoms in total. The molecule has 0 radical (unpaired) electrons. The number of carbonyl (C=O) groups excluding carboxylic acids is 1. The van der Waals surface area contributed by atoms with Crippen LogP contribution in [0.4, 0.5) is 19.1 Å². The zero-order valence-corrected chi connectivity index (χ0v) is 19.5. The molecule has 2 aromatic rings. The van der Waals surface area contributed by atoms with Gasteiger partial charge in [-0.1, -0.05) is 29.5 Å². The molecule has 2 fully saturated rings. The molecule has 1 saturated heterocycles. The number of benzene rings is 1. The molecule has 1 saturated carbocycles. The first-order valence-corrected chi connectivity index (χ1v) is 12.1. The summed E-state index contributed by atoms with van der Waals surface area (Å²) in [5.74, 6) is 0.101. The number of morpholine rings is 1. The number of anilines is 1. The van der Waals surface area contributed by atoms with Gasteiger partial charge in [0.1, 0.15) is 6.54 Å². The zero-order valence-electron chi connectivity index (χ0n) is 18.7. The molecule has 33 heavy (non-hydrogen) atoms. The van der Waals surface area contributed by atoms with Crippen LogP contribution in [0.15, 0.2) is 29.4 Å². The number of hydrogen-bond donors (Lipinski definition) is 0. The van der Waals surface area contributed by atoms with E-state index in [-0.39, 0.29) is 11.7 Å². The van der Waals surface area contributed by atoms with Crippen LogP contribution in [0.1, 0.15) is 25.3 Å². The van der Waals surface area contributed by atoms with Crippen LogP contribution >= 0.6 is 11.8 Å². The molecule has 1 unspecified atom stereocenters. The molecule has 0 bridgehead atoms. The number of nitrogens with zero attached hydrogens (tertiary/aromatic N) is 5. The van der Waals surface area contributed by atoms with Gasteiger partial charge < -0.3 is 14.5 Å². The number of ether oxygens (including phenoxy) is 1. The summed E-state index contributed by atoms with van der Waals surface area (Å²) in [4.78, 5) is 15.9. The second-order valence-electron chi connectivity index (χ2n) is 8.56. The number of hydrogen-bond acceptors (Lipinski definition) is 6. The second kappa shape index (κ2) is 9.92. The van der Waals surface area contributed by atoms with Crippen LogP contribution in [-0.2, 0) is 9.53 Å². The van der Waals surface area contributed by atoms with Gasteiger partial charge in [0.2, 0.25) is 11.9 Å². The van der Waals surface area contributed by atoms with E-state index >= 15 is 0 Å². The fraction of sp³-hybridized carbons (Fsp3) is 0.591. The highest BCUT2D eigenvalue weighted by Gasteiger charge is 2.40. The molecule has 11 heteroatoms. The van der Waals surface area contributed by atoms with Crippen LogP contribution in [0.3, 0.4) is 0 Å². The Morgan fingerprint density at radius 3 is 2.48 bits per heavy atom. The Balaban J connectivity index is 1.56. The van der Waals surface area contributed by atoms with Gasteiger partial charge in [0.25, 0.3) is 0 Å². The molecule has 2 aliphatic rings. The van der Waals surface area contributed by atoms with Crippen molar-refractivity contribution >= 4 is 23.6 Å². The first-order valence-electron chi connectivity index (χ1n) is 11.1. The first kappa shape index (κ1) is 23.9. The molecule has 1 aliphatic heterocycles. The molecule has 1 atom stereocenters. The predicted molar refractivity (Wildman–Crippen MR) is 120 cm³/mol. The van der Waals surface area contributed by atoms with Crippen LogP contribution < -0.4 is 4.90 Å². The Bertz CT molecular complexity index is 956. The summed E-state index contributed by atoms with van der Waals surface area (Å²) in [6.45, 7) is 4.94. The highest BCUT2D eigenvalue weighted by Crippen LogP contribution is 2.37. The van der Waals surface area contributed by atoms with Crippen molar-refractivity contribution in [2.24, 2.45) is 5.92 Å². The molecular weight excluding hydrogens is 455 g/mol. The quantitative estimate of drug-likeness (QED) is 0.534. The number of alkyl halides is 3. The van der Waals surface area contributed by atoms with E-state index in [0.29, 0.717) is 37.4 Å². The Morgan fingerprint density at radius 2 is 1.88 bits per heavy atom. The Morgan fingerprint density at radius 1 is 1.21 bits per heavy atom. The van der Waals surface area contributed by atoms with E-state index in [2.05, 4.69) is 15.1 Å². The third-order valence-corrected chi connectivity index (χ3v) is 6.91. The summed E-state index contributed by atoms with van der Waals surface area (Å²) in [7, 11) is 0. The largest absolute Gasteiger partial charge is 0.406 e. The van der Waals surface area contributed by atoms with Gasteiger partial charge in [-0.25, -0.2) is 0 Å². The van der Waals surface area contributed by atoms with Crippen molar-refractivity contribution in [2.75, 3.05) is 43.5 Å². The Hall–Kier alpha value is -2.27. The van der Waals surface area contributed by atoms with Gasteiger partial charge in [-0.15, -0.1) is 10.2 Å². The summed E-state index contributed by atoms with van der Waals surface area (Å²) < 4.78 is 46.8. The first-order chi connectivity index (χ1) is 15.7. The average molecular weight is 484 g/mol. The maximum absolute atomic E-state index is 13.2. The minimum atomic E-state index is -4.44. The summed E-state index contributed by atoms with van der Waals surface area (Å²) >= 11 is 1.12. The van der Waals surface area contributed by atoms with Crippen molar-refractivity contribution in [2.45, 2.75) is 44.1 Å². The van der Waals surface area contributed by atoms with Crippen molar-refractivity contribution in [1.82, 2.24) is 19.7 Å². The normalized spacial score (nSPS) is 17.8. The van der Waals surface area contributed by atoms with E-state index in [4.69, 9.17) is 4.74 Å². The number of amides is 1. The SMILES string of the molecule is Cc1ccc(-n2c(SCC(=O)N(CC(F)(F)F)C(C)C3CC3)nnc2N2CCOCC2)cc1. The molecule has 1 aliphatic carbocycles. The Labute approximate surface area is 195 Å². The van der Waals surface area contributed by atoms with E-state index in [1.54, 1.807) is 6.92 Å². The lowest BCUT2D eigenvalue weighted by atomic mass is 10.2. The minimum absolute atomic E-state index is 0.139. The highest BCUT2D eigenvalue weighted by atomic mass is 32.2. The van der Waals surface area contributed by atoms with Crippen molar-refractivity contribution in [3.8, 4) is 5.69 Å². The Kier molecular flexibility index (Phi) is 7.18. The molecule has 180 valence electrons. The van der Waals surface area contributed by atoms with Crippen molar-refractivity contribution in [3.05, 3.63) is 29.8 Å². The van der Waals surface area contributed by atoms with E-state index in [1.807, 2.05) is 35.8 Å². The van der Waals surface area contributed by atoms with E-state index in [1.165, 1.54) is 0 Å². The van der Waals surface area contributed by atoms with Crippen molar-refractivity contribution < 1.29 is 22.7 Å². The van der Waals surface area contributed by atoms with Crippen molar-refractivity contribution in [3.63, 3.8) is 0 Å². The van der Waals surface area contributed by atoms with Gasteiger partial charge in [-0.2, -0.15) is 13.2 Å². The van der Waals surface area contributed by atoms with Crippen LogP contribution in [0, 0.1) is 12.8 Å². The number of aryl methyl sites for hydroxylation is 1. The number of halogens is 3. The highest BCUT2D eigenvalue weighted by molar-refractivity contribution is 7.99. The fourth-order valence-corrected chi connectivity index (χ4v) is 4.77. The van der Waals surface area contributed by atoms with Gasteiger partial charge >= 0.3 is 6.18 Å². The lowest BCUT2D eigenvalue weighted by molar-refractivity contribution is -0.164.